The van der Waals surface area contributed by atoms with Crippen molar-refractivity contribution in [2.45, 2.75) is 19.8 Å². The maximum Gasteiger partial charge on any atom is 0.259 e. The zero-order valence-corrected chi connectivity index (χ0v) is 12.2. The molecule has 0 saturated carbocycles. The molecular formula is C16H16F2N2O2. The molecule has 0 aliphatic carbocycles. The summed E-state index contributed by atoms with van der Waals surface area (Å²) in [6.07, 6.45) is 3.24. The summed E-state index contributed by atoms with van der Waals surface area (Å²) in [6, 6.07) is 3.38. The van der Waals surface area contributed by atoms with Crippen molar-refractivity contribution in [1.82, 2.24) is 10.1 Å². The molecule has 1 aromatic carbocycles. The summed E-state index contributed by atoms with van der Waals surface area (Å²) < 4.78 is 31.5. The van der Waals surface area contributed by atoms with Gasteiger partial charge in [0.25, 0.3) is 5.91 Å². The van der Waals surface area contributed by atoms with Crippen LogP contribution in [0.2, 0.25) is 0 Å². The number of likely N-dealkylation sites (tertiary alicyclic amines) is 1. The van der Waals surface area contributed by atoms with Crippen molar-refractivity contribution in [3.63, 3.8) is 0 Å². The molecule has 1 fully saturated rings. The predicted octanol–water partition coefficient (Wildman–Crippen LogP) is 3.49. The number of aromatic nitrogens is 1. The SMILES string of the molecule is CC1CCN(C(=O)c2cnoc2-c2ccc(F)c(F)c2)CC1. The summed E-state index contributed by atoms with van der Waals surface area (Å²) in [7, 11) is 0. The predicted molar refractivity (Wildman–Crippen MR) is 76.2 cm³/mol. The topological polar surface area (TPSA) is 46.3 Å². The van der Waals surface area contributed by atoms with Gasteiger partial charge in [-0.1, -0.05) is 12.1 Å². The van der Waals surface area contributed by atoms with Crippen molar-refractivity contribution in [2.24, 2.45) is 5.92 Å². The Labute approximate surface area is 126 Å². The van der Waals surface area contributed by atoms with Crippen molar-refractivity contribution in [2.75, 3.05) is 13.1 Å². The normalized spacial score (nSPS) is 16.0. The van der Waals surface area contributed by atoms with Crippen LogP contribution >= 0.6 is 0 Å². The molecule has 2 heterocycles. The number of carbonyl (C=O) groups excluding carboxylic acids is 1. The number of carbonyl (C=O) groups is 1. The molecule has 3 rings (SSSR count). The van der Waals surface area contributed by atoms with Crippen molar-refractivity contribution < 1.29 is 18.1 Å². The molecule has 22 heavy (non-hydrogen) atoms. The molecule has 6 heteroatoms. The highest BCUT2D eigenvalue weighted by Crippen LogP contribution is 2.27. The first kappa shape index (κ1) is 14.7. The maximum atomic E-state index is 13.4. The first-order chi connectivity index (χ1) is 10.6. The van der Waals surface area contributed by atoms with Crippen LogP contribution in [-0.4, -0.2) is 29.1 Å². The van der Waals surface area contributed by atoms with Crippen LogP contribution in [0.25, 0.3) is 11.3 Å². The van der Waals surface area contributed by atoms with Gasteiger partial charge in [0.1, 0.15) is 5.56 Å². The van der Waals surface area contributed by atoms with Gasteiger partial charge in [0.2, 0.25) is 0 Å². The van der Waals surface area contributed by atoms with E-state index in [1.165, 1.54) is 12.3 Å². The summed E-state index contributed by atoms with van der Waals surface area (Å²) in [5.74, 6) is -1.34. The van der Waals surface area contributed by atoms with Gasteiger partial charge in [-0.05, 0) is 37.0 Å². The molecule has 0 radical (unpaired) electrons. The molecule has 0 bridgehead atoms. The molecule has 0 spiro atoms. The fraction of sp³-hybridized carbons (Fsp3) is 0.375. The van der Waals surface area contributed by atoms with E-state index >= 15 is 0 Å². The molecule has 1 aromatic heterocycles. The van der Waals surface area contributed by atoms with E-state index in [0.29, 0.717) is 24.6 Å². The highest BCUT2D eigenvalue weighted by atomic mass is 19.2. The summed E-state index contributed by atoms with van der Waals surface area (Å²) >= 11 is 0. The quantitative estimate of drug-likeness (QED) is 0.853. The summed E-state index contributed by atoms with van der Waals surface area (Å²) in [4.78, 5) is 14.3. The Morgan fingerprint density at radius 3 is 2.68 bits per heavy atom. The number of nitrogens with zero attached hydrogens (tertiary/aromatic N) is 2. The van der Waals surface area contributed by atoms with E-state index in [2.05, 4.69) is 12.1 Å². The number of hydrogen-bond acceptors (Lipinski definition) is 3. The lowest BCUT2D eigenvalue weighted by Crippen LogP contribution is -2.37. The monoisotopic (exact) mass is 306 g/mol. The molecule has 4 nitrogen and oxygen atoms in total. The largest absolute Gasteiger partial charge is 0.355 e. The summed E-state index contributed by atoms with van der Waals surface area (Å²) in [5, 5.41) is 3.64. The highest BCUT2D eigenvalue weighted by Gasteiger charge is 2.26. The van der Waals surface area contributed by atoms with E-state index in [9.17, 15) is 13.6 Å². The van der Waals surface area contributed by atoms with Crippen molar-refractivity contribution in [3.8, 4) is 11.3 Å². The number of hydrogen-bond donors (Lipinski definition) is 0. The fourth-order valence-electron chi connectivity index (χ4n) is 2.62. The van der Waals surface area contributed by atoms with E-state index < -0.39 is 11.6 Å². The molecular weight excluding hydrogens is 290 g/mol. The van der Waals surface area contributed by atoms with Gasteiger partial charge in [-0.25, -0.2) is 8.78 Å². The number of amides is 1. The van der Waals surface area contributed by atoms with Gasteiger partial charge < -0.3 is 9.42 Å². The second-order valence-electron chi connectivity index (χ2n) is 5.67. The smallest absolute Gasteiger partial charge is 0.259 e. The van der Waals surface area contributed by atoms with E-state index in [0.717, 1.165) is 25.0 Å². The van der Waals surface area contributed by atoms with Gasteiger partial charge in [0, 0.05) is 18.7 Å². The Balaban J connectivity index is 1.88. The van der Waals surface area contributed by atoms with Crippen molar-refractivity contribution >= 4 is 5.91 Å². The first-order valence-electron chi connectivity index (χ1n) is 7.25. The Morgan fingerprint density at radius 2 is 2.00 bits per heavy atom. The highest BCUT2D eigenvalue weighted by molar-refractivity contribution is 5.99. The number of halogens is 2. The summed E-state index contributed by atoms with van der Waals surface area (Å²) in [5.41, 5.74) is 0.575. The zero-order valence-electron chi connectivity index (χ0n) is 12.2. The maximum absolute atomic E-state index is 13.4. The number of rotatable bonds is 2. The summed E-state index contributed by atoms with van der Waals surface area (Å²) in [6.45, 7) is 3.53. The van der Waals surface area contributed by atoms with Gasteiger partial charge in [-0.2, -0.15) is 0 Å². The number of piperidine rings is 1. The molecule has 0 atom stereocenters. The third kappa shape index (κ3) is 2.73. The van der Waals surface area contributed by atoms with Gasteiger partial charge in [-0.3, -0.25) is 4.79 Å². The zero-order chi connectivity index (χ0) is 15.7. The Morgan fingerprint density at radius 1 is 1.27 bits per heavy atom. The third-order valence-electron chi connectivity index (χ3n) is 4.05. The van der Waals surface area contributed by atoms with Crippen molar-refractivity contribution in [3.05, 3.63) is 41.6 Å². The molecule has 1 aliphatic rings. The molecule has 0 unspecified atom stereocenters. The van der Waals surface area contributed by atoms with E-state index in [1.807, 2.05) is 0 Å². The second-order valence-corrected chi connectivity index (χ2v) is 5.67. The van der Waals surface area contributed by atoms with Crippen LogP contribution in [0, 0.1) is 17.6 Å². The minimum Gasteiger partial charge on any atom is -0.355 e. The van der Waals surface area contributed by atoms with Crippen LogP contribution < -0.4 is 0 Å². The Kier molecular flexibility index (Phi) is 3.92. The Bertz CT molecular complexity index is 691. The lowest BCUT2D eigenvalue weighted by atomic mass is 9.98. The van der Waals surface area contributed by atoms with Crippen LogP contribution in [0.5, 0.6) is 0 Å². The molecule has 1 aliphatic heterocycles. The average molecular weight is 306 g/mol. The lowest BCUT2D eigenvalue weighted by Gasteiger charge is -2.30. The molecule has 2 aromatic rings. The molecule has 1 saturated heterocycles. The number of benzene rings is 1. The molecule has 1 amide bonds. The van der Waals surface area contributed by atoms with E-state index in [4.69, 9.17) is 4.52 Å². The van der Waals surface area contributed by atoms with Gasteiger partial charge in [0.15, 0.2) is 17.4 Å². The molecule has 0 N–H and O–H groups in total. The van der Waals surface area contributed by atoms with Crippen LogP contribution in [0.15, 0.2) is 28.9 Å². The first-order valence-corrected chi connectivity index (χ1v) is 7.25. The third-order valence-corrected chi connectivity index (χ3v) is 4.05. The van der Waals surface area contributed by atoms with Crippen LogP contribution in [-0.2, 0) is 0 Å². The minimum absolute atomic E-state index is 0.169. The van der Waals surface area contributed by atoms with Gasteiger partial charge >= 0.3 is 0 Å². The average Bonchev–Trinajstić information content (AvgIpc) is 2.99. The van der Waals surface area contributed by atoms with Crippen LogP contribution in [0.3, 0.4) is 0 Å². The van der Waals surface area contributed by atoms with Crippen molar-refractivity contribution in [1.29, 1.82) is 0 Å². The second kappa shape index (κ2) is 5.87. The molecule has 116 valence electrons. The van der Waals surface area contributed by atoms with Crippen LogP contribution in [0.4, 0.5) is 8.78 Å². The van der Waals surface area contributed by atoms with Gasteiger partial charge in [-0.15, -0.1) is 0 Å². The van der Waals surface area contributed by atoms with Crippen LogP contribution in [0.1, 0.15) is 30.1 Å². The van der Waals surface area contributed by atoms with Gasteiger partial charge in [0.05, 0.1) is 6.20 Å². The van der Waals surface area contributed by atoms with E-state index in [1.54, 1.807) is 4.90 Å². The fourth-order valence-corrected chi connectivity index (χ4v) is 2.62. The van der Waals surface area contributed by atoms with E-state index in [-0.39, 0.29) is 17.2 Å². The standard InChI is InChI=1S/C16H16F2N2O2/c1-10-4-6-20(7-5-10)16(21)12-9-19-22-15(12)11-2-3-13(17)14(18)8-11/h2-3,8-10H,4-7H2,1H3. The minimum atomic E-state index is -0.987. The lowest BCUT2D eigenvalue weighted by molar-refractivity contribution is 0.0697. The Hall–Kier alpha value is -2.24.